The Hall–Kier alpha value is -1.92. The molecule has 104 valence electrons. The molecule has 1 aliphatic rings. The lowest BCUT2D eigenvalue weighted by Gasteiger charge is -2.31. The van der Waals surface area contributed by atoms with Crippen molar-refractivity contribution in [3.8, 4) is 0 Å². The summed E-state index contributed by atoms with van der Waals surface area (Å²) >= 11 is 0. The molecular formula is C12H19N5O2. The molecule has 2 rings (SSSR count). The molecule has 7 heteroatoms. The smallest absolute Gasteiger partial charge is 0.294 e. The van der Waals surface area contributed by atoms with Crippen LogP contribution in [0.5, 0.6) is 0 Å². The van der Waals surface area contributed by atoms with Gasteiger partial charge in [0.15, 0.2) is 0 Å². The first-order chi connectivity index (χ1) is 8.80. The molecule has 0 spiro atoms. The van der Waals surface area contributed by atoms with E-state index in [2.05, 4.69) is 20.5 Å². The second-order valence-electron chi connectivity index (χ2n) is 5.72. The fraction of sp³-hybridized carbons (Fsp3) is 0.667. The van der Waals surface area contributed by atoms with Crippen LogP contribution in [-0.4, -0.2) is 51.0 Å². The minimum Gasteiger partial charge on any atom is -0.353 e. The van der Waals surface area contributed by atoms with Crippen LogP contribution in [0.15, 0.2) is 0 Å². The van der Waals surface area contributed by atoms with Gasteiger partial charge in [0.1, 0.15) is 11.9 Å². The van der Waals surface area contributed by atoms with Gasteiger partial charge in [0.2, 0.25) is 11.7 Å². The Bertz CT molecular complexity index is 502. The maximum absolute atomic E-state index is 12.3. The summed E-state index contributed by atoms with van der Waals surface area (Å²) in [5, 5.41) is 9.46. The number of nitrogens with zero attached hydrogens (tertiary/aromatic N) is 3. The number of H-pyrrole nitrogens is 1. The minimum atomic E-state index is -0.488. The molecule has 1 unspecified atom stereocenters. The Labute approximate surface area is 111 Å². The van der Waals surface area contributed by atoms with Crippen molar-refractivity contribution in [3.63, 3.8) is 0 Å². The number of hydrogen-bond donors (Lipinski definition) is 2. The van der Waals surface area contributed by atoms with Gasteiger partial charge in [0.25, 0.3) is 5.91 Å². The summed E-state index contributed by atoms with van der Waals surface area (Å²) in [6.07, 6.45) is 0. The predicted octanol–water partition coefficient (Wildman–Crippen LogP) is 0.0627. The van der Waals surface area contributed by atoms with E-state index in [0.29, 0.717) is 18.9 Å². The van der Waals surface area contributed by atoms with Crippen molar-refractivity contribution >= 4 is 11.8 Å². The van der Waals surface area contributed by atoms with Gasteiger partial charge in [-0.3, -0.25) is 14.7 Å². The molecule has 0 radical (unpaired) electrons. The molecule has 0 saturated carbocycles. The Morgan fingerprint density at radius 1 is 1.42 bits per heavy atom. The van der Waals surface area contributed by atoms with Crippen molar-refractivity contribution < 1.29 is 9.59 Å². The minimum absolute atomic E-state index is 0.117. The van der Waals surface area contributed by atoms with Crippen LogP contribution in [0.4, 0.5) is 0 Å². The molecule has 1 fully saturated rings. The van der Waals surface area contributed by atoms with E-state index in [-0.39, 0.29) is 23.1 Å². The second kappa shape index (κ2) is 4.64. The monoisotopic (exact) mass is 265 g/mol. The van der Waals surface area contributed by atoms with Crippen LogP contribution in [0.1, 0.15) is 44.1 Å². The number of carbonyl (C=O) groups is 2. The Morgan fingerprint density at radius 2 is 2.11 bits per heavy atom. The highest BCUT2D eigenvalue weighted by Crippen LogP contribution is 2.18. The van der Waals surface area contributed by atoms with E-state index in [0.717, 1.165) is 0 Å². The van der Waals surface area contributed by atoms with Crippen LogP contribution in [0.3, 0.4) is 0 Å². The first-order valence-electron chi connectivity index (χ1n) is 6.32. The fourth-order valence-corrected chi connectivity index (χ4v) is 1.88. The quantitative estimate of drug-likeness (QED) is 0.751. The van der Waals surface area contributed by atoms with Crippen LogP contribution >= 0.6 is 0 Å². The topological polar surface area (TPSA) is 91.0 Å². The highest BCUT2D eigenvalue weighted by molar-refractivity contribution is 5.95. The highest BCUT2D eigenvalue weighted by atomic mass is 16.2. The first-order valence-corrected chi connectivity index (χ1v) is 6.32. The van der Waals surface area contributed by atoms with Crippen molar-refractivity contribution in [2.24, 2.45) is 0 Å². The third-order valence-electron chi connectivity index (χ3n) is 3.15. The number of piperazine rings is 1. The number of aromatic amines is 1. The predicted molar refractivity (Wildman–Crippen MR) is 68.6 cm³/mol. The van der Waals surface area contributed by atoms with Gasteiger partial charge in [0.05, 0.1) is 0 Å². The standard InChI is InChI=1S/C12H19N5O2/c1-7-9(18)13-5-6-17(7)10(19)8-14-11(16-15-8)12(2,3)4/h7H,5-6H2,1-4H3,(H,13,18)(H,14,15,16). The lowest BCUT2D eigenvalue weighted by Crippen LogP contribution is -2.56. The van der Waals surface area contributed by atoms with E-state index in [9.17, 15) is 9.59 Å². The Kier molecular flexibility index (Phi) is 3.30. The summed E-state index contributed by atoms with van der Waals surface area (Å²) in [5.74, 6) is 0.316. The van der Waals surface area contributed by atoms with Gasteiger partial charge in [-0.1, -0.05) is 20.8 Å². The molecule has 19 heavy (non-hydrogen) atoms. The first kappa shape index (κ1) is 13.5. The molecule has 2 N–H and O–H groups in total. The normalized spacial score (nSPS) is 20.3. The second-order valence-corrected chi connectivity index (χ2v) is 5.72. The van der Waals surface area contributed by atoms with E-state index in [1.807, 2.05) is 20.8 Å². The largest absolute Gasteiger partial charge is 0.353 e. The summed E-state index contributed by atoms with van der Waals surface area (Å²) in [6.45, 7) is 8.59. The molecule has 0 bridgehead atoms. The van der Waals surface area contributed by atoms with Gasteiger partial charge >= 0.3 is 0 Å². The van der Waals surface area contributed by atoms with E-state index in [1.165, 1.54) is 4.90 Å². The van der Waals surface area contributed by atoms with Gasteiger partial charge in [-0.05, 0) is 6.92 Å². The van der Waals surface area contributed by atoms with E-state index in [4.69, 9.17) is 0 Å². The third kappa shape index (κ3) is 2.59. The third-order valence-corrected chi connectivity index (χ3v) is 3.15. The van der Waals surface area contributed by atoms with Crippen molar-refractivity contribution in [2.75, 3.05) is 13.1 Å². The molecule has 1 atom stereocenters. The summed E-state index contributed by atoms with van der Waals surface area (Å²) < 4.78 is 0. The van der Waals surface area contributed by atoms with Gasteiger partial charge < -0.3 is 10.2 Å². The average molecular weight is 265 g/mol. The zero-order valence-corrected chi connectivity index (χ0v) is 11.6. The van der Waals surface area contributed by atoms with E-state index in [1.54, 1.807) is 6.92 Å². The van der Waals surface area contributed by atoms with Crippen LogP contribution < -0.4 is 5.32 Å². The molecule has 0 aromatic carbocycles. The zero-order chi connectivity index (χ0) is 14.2. The molecule has 1 saturated heterocycles. The summed E-state index contributed by atoms with van der Waals surface area (Å²) in [4.78, 5) is 29.6. The van der Waals surface area contributed by atoms with Crippen molar-refractivity contribution in [3.05, 3.63) is 11.6 Å². The van der Waals surface area contributed by atoms with E-state index >= 15 is 0 Å². The van der Waals surface area contributed by atoms with Crippen LogP contribution in [0, 0.1) is 0 Å². The molecule has 7 nitrogen and oxygen atoms in total. The Balaban J connectivity index is 2.20. The number of aromatic nitrogens is 3. The van der Waals surface area contributed by atoms with Gasteiger partial charge in [-0.25, -0.2) is 4.98 Å². The summed E-state index contributed by atoms with van der Waals surface area (Å²) in [6, 6.07) is -0.488. The number of hydrogen-bond acceptors (Lipinski definition) is 4. The van der Waals surface area contributed by atoms with Crippen LogP contribution in [0.2, 0.25) is 0 Å². The maximum atomic E-state index is 12.3. The molecular weight excluding hydrogens is 246 g/mol. The van der Waals surface area contributed by atoms with Gasteiger partial charge in [0, 0.05) is 18.5 Å². The molecule has 0 aliphatic carbocycles. The lowest BCUT2D eigenvalue weighted by atomic mass is 9.96. The maximum Gasteiger partial charge on any atom is 0.294 e. The molecule has 2 amide bonds. The van der Waals surface area contributed by atoms with Gasteiger partial charge in [-0.15, -0.1) is 5.10 Å². The Morgan fingerprint density at radius 3 is 2.68 bits per heavy atom. The molecule has 1 aromatic rings. The molecule has 1 aliphatic heterocycles. The SMILES string of the molecule is CC1C(=O)NCCN1C(=O)c1n[nH]c(C(C)(C)C)n1. The fourth-order valence-electron chi connectivity index (χ4n) is 1.88. The van der Waals surface area contributed by atoms with Gasteiger partial charge in [-0.2, -0.15) is 0 Å². The van der Waals surface area contributed by atoms with Crippen LogP contribution in [-0.2, 0) is 10.2 Å². The number of nitrogens with one attached hydrogen (secondary N) is 2. The van der Waals surface area contributed by atoms with Crippen molar-refractivity contribution in [1.29, 1.82) is 0 Å². The summed E-state index contributed by atoms with van der Waals surface area (Å²) in [7, 11) is 0. The molecule has 2 heterocycles. The highest BCUT2D eigenvalue weighted by Gasteiger charge is 2.32. The number of amides is 2. The summed E-state index contributed by atoms with van der Waals surface area (Å²) in [5.41, 5.74) is -0.198. The number of carbonyl (C=O) groups excluding carboxylic acids is 2. The lowest BCUT2D eigenvalue weighted by molar-refractivity contribution is -0.127. The van der Waals surface area contributed by atoms with Crippen molar-refractivity contribution in [1.82, 2.24) is 25.4 Å². The average Bonchev–Trinajstić information content (AvgIpc) is 2.81. The van der Waals surface area contributed by atoms with Crippen molar-refractivity contribution in [2.45, 2.75) is 39.2 Å². The zero-order valence-electron chi connectivity index (χ0n) is 11.6. The van der Waals surface area contributed by atoms with E-state index < -0.39 is 6.04 Å². The van der Waals surface area contributed by atoms with Crippen LogP contribution in [0.25, 0.3) is 0 Å². The molecule has 1 aromatic heterocycles. The number of rotatable bonds is 1.